The SMILES string of the molecule is COc1cc(OC)c(OC)cc1CNC(=O)C(CN)OC.Cl. The van der Waals surface area contributed by atoms with Crippen LogP contribution in [0.4, 0.5) is 0 Å². The first-order valence-electron chi connectivity index (χ1n) is 6.40. The molecular formula is C14H23ClN2O5. The van der Waals surface area contributed by atoms with Crippen molar-refractivity contribution in [2.45, 2.75) is 12.6 Å². The van der Waals surface area contributed by atoms with Crippen molar-refractivity contribution >= 4 is 18.3 Å². The van der Waals surface area contributed by atoms with Gasteiger partial charge in [-0.25, -0.2) is 0 Å². The summed E-state index contributed by atoms with van der Waals surface area (Å²) in [7, 11) is 6.07. The molecule has 0 aromatic heterocycles. The van der Waals surface area contributed by atoms with Gasteiger partial charge in [-0.3, -0.25) is 4.79 Å². The lowest BCUT2D eigenvalue weighted by atomic mass is 10.1. The molecule has 7 nitrogen and oxygen atoms in total. The lowest BCUT2D eigenvalue weighted by molar-refractivity contribution is -0.130. The van der Waals surface area contributed by atoms with Crippen LogP contribution in [0.1, 0.15) is 5.56 Å². The summed E-state index contributed by atoms with van der Waals surface area (Å²) < 4.78 is 20.7. The number of hydrogen-bond donors (Lipinski definition) is 2. The number of carbonyl (C=O) groups excluding carboxylic acids is 1. The maximum atomic E-state index is 11.8. The maximum absolute atomic E-state index is 11.8. The summed E-state index contributed by atoms with van der Waals surface area (Å²) in [5.41, 5.74) is 6.21. The second-order valence-corrected chi connectivity index (χ2v) is 4.20. The molecule has 0 bridgehead atoms. The Morgan fingerprint density at radius 1 is 1.09 bits per heavy atom. The van der Waals surface area contributed by atoms with E-state index in [4.69, 9.17) is 24.7 Å². The van der Waals surface area contributed by atoms with Gasteiger partial charge in [-0.2, -0.15) is 0 Å². The van der Waals surface area contributed by atoms with E-state index in [1.54, 1.807) is 33.5 Å². The average Bonchev–Trinajstić information content (AvgIpc) is 2.52. The molecule has 0 heterocycles. The molecule has 126 valence electrons. The highest BCUT2D eigenvalue weighted by molar-refractivity contribution is 5.85. The van der Waals surface area contributed by atoms with Gasteiger partial charge in [0.05, 0.1) is 21.3 Å². The second kappa shape index (κ2) is 10.1. The van der Waals surface area contributed by atoms with Crippen LogP contribution in [0, 0.1) is 0 Å². The second-order valence-electron chi connectivity index (χ2n) is 4.20. The molecule has 0 aliphatic heterocycles. The quantitative estimate of drug-likeness (QED) is 0.728. The van der Waals surface area contributed by atoms with Crippen LogP contribution >= 0.6 is 12.4 Å². The zero-order valence-electron chi connectivity index (χ0n) is 13.2. The van der Waals surface area contributed by atoms with Gasteiger partial charge in [0.1, 0.15) is 11.9 Å². The van der Waals surface area contributed by atoms with Crippen molar-refractivity contribution in [3.63, 3.8) is 0 Å². The Labute approximate surface area is 136 Å². The highest BCUT2D eigenvalue weighted by Gasteiger charge is 2.17. The first-order chi connectivity index (χ1) is 10.1. The number of carbonyl (C=O) groups is 1. The summed E-state index contributed by atoms with van der Waals surface area (Å²) in [4.78, 5) is 11.8. The maximum Gasteiger partial charge on any atom is 0.250 e. The fourth-order valence-corrected chi connectivity index (χ4v) is 1.84. The molecule has 1 unspecified atom stereocenters. The number of nitrogens with two attached hydrogens (primary N) is 1. The number of methoxy groups -OCH3 is 4. The minimum Gasteiger partial charge on any atom is -0.496 e. The van der Waals surface area contributed by atoms with Crippen molar-refractivity contribution in [2.24, 2.45) is 5.73 Å². The molecule has 0 saturated heterocycles. The van der Waals surface area contributed by atoms with Crippen molar-refractivity contribution in [3.8, 4) is 17.2 Å². The van der Waals surface area contributed by atoms with Gasteiger partial charge in [0.25, 0.3) is 5.91 Å². The smallest absolute Gasteiger partial charge is 0.250 e. The van der Waals surface area contributed by atoms with Gasteiger partial charge in [0.2, 0.25) is 0 Å². The van der Waals surface area contributed by atoms with Crippen molar-refractivity contribution in [3.05, 3.63) is 17.7 Å². The van der Waals surface area contributed by atoms with Crippen LogP contribution in [0.5, 0.6) is 17.2 Å². The molecule has 0 saturated carbocycles. The largest absolute Gasteiger partial charge is 0.496 e. The molecule has 1 atom stereocenters. The van der Waals surface area contributed by atoms with Gasteiger partial charge in [0.15, 0.2) is 11.5 Å². The van der Waals surface area contributed by atoms with Crippen molar-refractivity contribution in [2.75, 3.05) is 35.0 Å². The van der Waals surface area contributed by atoms with E-state index in [-0.39, 0.29) is 31.4 Å². The van der Waals surface area contributed by atoms with Crippen LogP contribution < -0.4 is 25.3 Å². The van der Waals surface area contributed by atoms with Crippen LogP contribution in [0.25, 0.3) is 0 Å². The topological polar surface area (TPSA) is 92.0 Å². The van der Waals surface area contributed by atoms with Crippen molar-refractivity contribution < 1.29 is 23.7 Å². The third-order valence-corrected chi connectivity index (χ3v) is 3.03. The van der Waals surface area contributed by atoms with Crippen molar-refractivity contribution in [1.82, 2.24) is 5.32 Å². The molecule has 1 rings (SSSR count). The van der Waals surface area contributed by atoms with Gasteiger partial charge >= 0.3 is 0 Å². The number of hydrogen-bond acceptors (Lipinski definition) is 6. The molecular weight excluding hydrogens is 312 g/mol. The zero-order valence-corrected chi connectivity index (χ0v) is 14.0. The Bertz CT molecular complexity index is 481. The van der Waals surface area contributed by atoms with E-state index in [1.807, 2.05) is 0 Å². The Kier molecular flexibility index (Phi) is 9.32. The van der Waals surface area contributed by atoms with Gasteiger partial charge in [-0.15, -0.1) is 12.4 Å². The molecule has 0 aliphatic rings. The number of amides is 1. The van der Waals surface area contributed by atoms with E-state index in [0.717, 1.165) is 5.56 Å². The molecule has 1 amide bonds. The number of benzene rings is 1. The number of halogens is 1. The molecule has 1 aromatic carbocycles. The number of nitrogens with one attached hydrogen (secondary N) is 1. The summed E-state index contributed by atoms with van der Waals surface area (Å²) >= 11 is 0. The fourth-order valence-electron chi connectivity index (χ4n) is 1.84. The van der Waals surface area contributed by atoms with Crippen LogP contribution in [-0.2, 0) is 16.1 Å². The summed E-state index contributed by atoms with van der Waals surface area (Å²) in [6, 6.07) is 3.46. The van der Waals surface area contributed by atoms with Gasteiger partial charge < -0.3 is 30.0 Å². The fraction of sp³-hybridized carbons (Fsp3) is 0.500. The summed E-state index contributed by atoms with van der Waals surface area (Å²) in [5, 5.41) is 2.74. The first-order valence-corrected chi connectivity index (χ1v) is 6.40. The average molecular weight is 335 g/mol. The third-order valence-electron chi connectivity index (χ3n) is 3.03. The van der Waals surface area contributed by atoms with E-state index in [0.29, 0.717) is 17.2 Å². The van der Waals surface area contributed by atoms with E-state index in [2.05, 4.69) is 5.32 Å². The highest BCUT2D eigenvalue weighted by atomic mass is 35.5. The summed E-state index contributed by atoms with van der Waals surface area (Å²) in [5.74, 6) is 1.43. The Morgan fingerprint density at radius 3 is 2.09 bits per heavy atom. The molecule has 0 fully saturated rings. The summed E-state index contributed by atoms with van der Waals surface area (Å²) in [6.07, 6.45) is -0.670. The van der Waals surface area contributed by atoms with Crippen molar-refractivity contribution in [1.29, 1.82) is 0 Å². The molecule has 22 heavy (non-hydrogen) atoms. The highest BCUT2D eigenvalue weighted by Crippen LogP contribution is 2.34. The predicted molar refractivity (Wildman–Crippen MR) is 85.0 cm³/mol. The van der Waals surface area contributed by atoms with Crippen LogP contribution in [0.15, 0.2) is 12.1 Å². The lowest BCUT2D eigenvalue weighted by Gasteiger charge is -2.16. The lowest BCUT2D eigenvalue weighted by Crippen LogP contribution is -2.40. The van der Waals surface area contributed by atoms with E-state index >= 15 is 0 Å². The van der Waals surface area contributed by atoms with E-state index < -0.39 is 6.10 Å². The third kappa shape index (κ3) is 4.94. The first kappa shape index (κ1) is 20.3. The predicted octanol–water partition coefficient (Wildman–Crippen LogP) is 0.724. The van der Waals surface area contributed by atoms with Crippen LogP contribution in [-0.4, -0.2) is 47.0 Å². The normalized spacial score (nSPS) is 11.1. The molecule has 0 aliphatic carbocycles. The molecule has 1 aromatic rings. The Morgan fingerprint density at radius 2 is 1.64 bits per heavy atom. The van der Waals surface area contributed by atoms with Crippen LogP contribution in [0.3, 0.4) is 0 Å². The number of rotatable bonds is 8. The zero-order chi connectivity index (χ0) is 15.8. The van der Waals surface area contributed by atoms with Crippen LogP contribution in [0.2, 0.25) is 0 Å². The Balaban J connectivity index is 0.00000441. The van der Waals surface area contributed by atoms with Gasteiger partial charge in [-0.1, -0.05) is 0 Å². The minimum absolute atomic E-state index is 0. The molecule has 8 heteroatoms. The summed E-state index contributed by atoms with van der Waals surface area (Å²) in [6.45, 7) is 0.383. The van der Waals surface area contributed by atoms with Gasteiger partial charge in [-0.05, 0) is 6.07 Å². The standard InChI is InChI=1S/C14H22N2O5.ClH/c1-18-10-6-12(20-3)11(19-2)5-9(10)8-16-14(17)13(7-15)21-4;/h5-6,13H,7-8,15H2,1-4H3,(H,16,17);1H. The minimum atomic E-state index is -0.670. The van der Waals surface area contributed by atoms with E-state index in [1.165, 1.54) is 7.11 Å². The molecule has 0 radical (unpaired) electrons. The molecule has 0 spiro atoms. The Hall–Kier alpha value is -1.70. The monoisotopic (exact) mass is 334 g/mol. The molecule has 3 N–H and O–H groups in total. The van der Waals surface area contributed by atoms with E-state index in [9.17, 15) is 4.79 Å². The number of ether oxygens (including phenoxy) is 4. The van der Waals surface area contributed by atoms with Gasteiger partial charge in [0, 0.05) is 31.8 Å².